The first-order valence-electron chi connectivity index (χ1n) is 9.33. The lowest BCUT2D eigenvalue weighted by Gasteiger charge is -2.07. The van der Waals surface area contributed by atoms with Crippen LogP contribution in [0.4, 0.5) is 0 Å². The lowest BCUT2D eigenvalue weighted by atomic mass is 10.0. The van der Waals surface area contributed by atoms with E-state index in [0.29, 0.717) is 0 Å². The van der Waals surface area contributed by atoms with Crippen molar-refractivity contribution in [3.05, 3.63) is 84.1 Å². The van der Waals surface area contributed by atoms with E-state index >= 15 is 0 Å². The second-order valence-electron chi connectivity index (χ2n) is 7.43. The second-order valence-corrected chi connectivity index (χ2v) is 7.43. The minimum Gasteiger partial charge on any atom is -0.306 e. The molecule has 0 N–H and O–H groups in total. The predicted molar refractivity (Wildman–Crippen MR) is 114 cm³/mol. The van der Waals surface area contributed by atoms with E-state index in [1.54, 1.807) is 0 Å². The van der Waals surface area contributed by atoms with Crippen LogP contribution in [0.15, 0.2) is 72.9 Å². The Kier molecular flexibility index (Phi) is 2.77. The van der Waals surface area contributed by atoms with Crippen LogP contribution in [0.1, 0.15) is 11.1 Å². The summed E-state index contributed by atoms with van der Waals surface area (Å²) in [5.74, 6) is 0. The van der Waals surface area contributed by atoms with Gasteiger partial charge in [-0.1, -0.05) is 66.2 Å². The molecule has 0 atom stereocenters. The zero-order valence-corrected chi connectivity index (χ0v) is 15.3. The fourth-order valence-electron chi connectivity index (χ4n) is 4.53. The first kappa shape index (κ1) is 14.7. The van der Waals surface area contributed by atoms with Crippen LogP contribution in [0, 0.1) is 13.8 Å². The molecule has 128 valence electrons. The average Bonchev–Trinajstić information content (AvgIpc) is 3.22. The molecule has 3 aromatic carbocycles. The summed E-state index contributed by atoms with van der Waals surface area (Å²) >= 11 is 0. The third kappa shape index (κ3) is 1.82. The number of nitrogens with zero attached hydrogens (tertiary/aromatic N) is 2. The molecule has 0 radical (unpaired) electrons. The first-order chi connectivity index (χ1) is 13.2. The molecule has 3 aromatic heterocycles. The highest BCUT2D eigenvalue weighted by Gasteiger charge is 2.21. The minimum atomic E-state index is 1.05. The molecule has 0 fully saturated rings. The van der Waals surface area contributed by atoms with Crippen LogP contribution in [0.3, 0.4) is 0 Å². The second kappa shape index (κ2) is 5.08. The van der Waals surface area contributed by atoms with Crippen molar-refractivity contribution in [3.8, 4) is 11.3 Å². The number of aromatic nitrogens is 2. The lowest BCUT2D eigenvalue weighted by molar-refractivity contribution is 1.27. The maximum absolute atomic E-state index is 4.89. The van der Waals surface area contributed by atoms with E-state index in [4.69, 9.17) is 4.98 Å². The van der Waals surface area contributed by atoms with E-state index in [-0.39, 0.29) is 0 Å². The smallest absolute Gasteiger partial charge is 0.0949 e. The number of fused-ring (bicyclic) bond motifs is 6. The van der Waals surface area contributed by atoms with Gasteiger partial charge in [0.1, 0.15) is 0 Å². The topological polar surface area (TPSA) is 17.3 Å². The van der Waals surface area contributed by atoms with Gasteiger partial charge in [-0.05, 0) is 25.5 Å². The monoisotopic (exact) mass is 346 g/mol. The fraction of sp³-hybridized carbons (Fsp3) is 0.0800. The standard InChI is InChI=1S/C25H18N2/c1-15-10-12-17(13-11-15)23-25-22(16(2)14-26-23)20-8-5-7-19-18-6-3-4-9-21(18)27(25)24(19)20/h3-14H,1-2H3. The van der Waals surface area contributed by atoms with E-state index in [2.05, 4.69) is 85.0 Å². The van der Waals surface area contributed by atoms with E-state index in [0.717, 1.165) is 11.3 Å². The van der Waals surface area contributed by atoms with Crippen LogP contribution in [-0.4, -0.2) is 9.38 Å². The molecule has 0 spiro atoms. The molecule has 0 amide bonds. The van der Waals surface area contributed by atoms with Gasteiger partial charge >= 0.3 is 0 Å². The van der Waals surface area contributed by atoms with E-state index in [1.807, 2.05) is 6.20 Å². The van der Waals surface area contributed by atoms with Gasteiger partial charge in [-0.2, -0.15) is 0 Å². The van der Waals surface area contributed by atoms with Gasteiger partial charge in [0.25, 0.3) is 0 Å². The largest absolute Gasteiger partial charge is 0.306 e. The summed E-state index contributed by atoms with van der Waals surface area (Å²) in [6.45, 7) is 4.29. The van der Waals surface area contributed by atoms with Gasteiger partial charge in [0.05, 0.1) is 22.2 Å². The van der Waals surface area contributed by atoms with Crippen LogP contribution < -0.4 is 0 Å². The Morgan fingerprint density at radius 1 is 0.704 bits per heavy atom. The Hall–Kier alpha value is -3.39. The highest BCUT2D eigenvalue weighted by Crippen LogP contribution is 2.42. The Balaban J connectivity index is 1.93. The number of hydrogen-bond acceptors (Lipinski definition) is 1. The molecule has 6 rings (SSSR count). The summed E-state index contributed by atoms with van der Waals surface area (Å²) < 4.78 is 2.42. The van der Waals surface area contributed by atoms with E-state index in [9.17, 15) is 0 Å². The van der Waals surface area contributed by atoms with Crippen molar-refractivity contribution in [2.24, 2.45) is 0 Å². The molecule has 0 unspecified atom stereocenters. The number of hydrogen-bond donors (Lipinski definition) is 0. The van der Waals surface area contributed by atoms with Crippen LogP contribution in [0.2, 0.25) is 0 Å². The molecule has 0 saturated heterocycles. The maximum Gasteiger partial charge on any atom is 0.0949 e. The summed E-state index contributed by atoms with van der Waals surface area (Å²) in [6.07, 6.45) is 2.02. The van der Waals surface area contributed by atoms with Crippen LogP contribution in [0.25, 0.3) is 49.4 Å². The molecule has 0 bridgehead atoms. The summed E-state index contributed by atoms with van der Waals surface area (Å²) in [5, 5.41) is 5.24. The minimum absolute atomic E-state index is 1.05. The summed E-state index contributed by atoms with van der Waals surface area (Å²) in [7, 11) is 0. The van der Waals surface area contributed by atoms with Crippen molar-refractivity contribution in [2.75, 3.05) is 0 Å². The number of benzene rings is 3. The molecule has 2 nitrogen and oxygen atoms in total. The van der Waals surface area contributed by atoms with Crippen molar-refractivity contribution >= 4 is 38.1 Å². The van der Waals surface area contributed by atoms with Crippen LogP contribution in [-0.2, 0) is 0 Å². The van der Waals surface area contributed by atoms with Gasteiger partial charge < -0.3 is 4.40 Å². The normalized spacial score (nSPS) is 12.1. The van der Waals surface area contributed by atoms with Crippen molar-refractivity contribution in [2.45, 2.75) is 13.8 Å². The molecule has 6 aromatic rings. The lowest BCUT2D eigenvalue weighted by Crippen LogP contribution is -1.91. The molecule has 0 aliphatic heterocycles. The number of aryl methyl sites for hydroxylation is 2. The summed E-state index contributed by atoms with van der Waals surface area (Å²) in [6, 6.07) is 24.0. The number of pyridine rings is 1. The SMILES string of the molecule is Cc1ccc(-c2ncc(C)c3c4cccc5c6ccccc6n(c23)c54)cc1. The van der Waals surface area contributed by atoms with E-state index in [1.165, 1.54) is 49.2 Å². The molecule has 0 aliphatic rings. The highest BCUT2D eigenvalue weighted by atomic mass is 14.9. The number of rotatable bonds is 1. The Morgan fingerprint density at radius 3 is 2.30 bits per heavy atom. The quantitative estimate of drug-likeness (QED) is 0.331. The zero-order valence-electron chi connectivity index (χ0n) is 15.3. The van der Waals surface area contributed by atoms with Crippen molar-refractivity contribution in [3.63, 3.8) is 0 Å². The highest BCUT2D eigenvalue weighted by molar-refractivity contribution is 6.25. The predicted octanol–water partition coefficient (Wildman–Crippen LogP) is 6.52. The molecule has 3 heterocycles. The van der Waals surface area contributed by atoms with Crippen LogP contribution in [0.5, 0.6) is 0 Å². The van der Waals surface area contributed by atoms with Gasteiger partial charge in [0.2, 0.25) is 0 Å². The fourth-order valence-corrected chi connectivity index (χ4v) is 4.53. The third-order valence-corrected chi connectivity index (χ3v) is 5.76. The van der Waals surface area contributed by atoms with Crippen molar-refractivity contribution in [1.29, 1.82) is 0 Å². The van der Waals surface area contributed by atoms with Crippen molar-refractivity contribution < 1.29 is 0 Å². The summed E-state index contributed by atoms with van der Waals surface area (Å²) in [5.41, 5.74) is 8.47. The third-order valence-electron chi connectivity index (χ3n) is 5.76. The molecule has 27 heavy (non-hydrogen) atoms. The van der Waals surface area contributed by atoms with Crippen LogP contribution >= 0.6 is 0 Å². The van der Waals surface area contributed by atoms with Gasteiger partial charge in [-0.3, -0.25) is 4.98 Å². The Bertz CT molecular complexity index is 1470. The van der Waals surface area contributed by atoms with Gasteiger partial charge in [-0.25, -0.2) is 0 Å². The zero-order chi connectivity index (χ0) is 18.1. The molecule has 0 saturated carbocycles. The molecule has 0 aliphatic carbocycles. The summed E-state index contributed by atoms with van der Waals surface area (Å²) in [4.78, 5) is 4.89. The molecule has 2 heteroatoms. The Labute approximate surface area is 157 Å². The van der Waals surface area contributed by atoms with Crippen molar-refractivity contribution in [1.82, 2.24) is 9.38 Å². The average molecular weight is 346 g/mol. The van der Waals surface area contributed by atoms with Gasteiger partial charge in [-0.15, -0.1) is 0 Å². The number of para-hydroxylation sites is 2. The molecular formula is C25H18N2. The van der Waals surface area contributed by atoms with Gasteiger partial charge in [0, 0.05) is 33.3 Å². The maximum atomic E-state index is 4.89. The first-order valence-corrected chi connectivity index (χ1v) is 9.33. The Morgan fingerprint density at radius 2 is 1.44 bits per heavy atom. The molecular weight excluding hydrogens is 328 g/mol. The van der Waals surface area contributed by atoms with E-state index < -0.39 is 0 Å². The van der Waals surface area contributed by atoms with Gasteiger partial charge in [0.15, 0.2) is 0 Å².